The highest BCUT2D eigenvalue weighted by atomic mass is 16.3. The van der Waals surface area contributed by atoms with Crippen LogP contribution in [0, 0.1) is 5.92 Å². The fourth-order valence-electron chi connectivity index (χ4n) is 2.54. The Morgan fingerprint density at radius 3 is 2.83 bits per heavy atom. The van der Waals surface area contributed by atoms with Crippen molar-refractivity contribution >= 4 is 5.69 Å². The Bertz CT molecular complexity index is 377. The molecule has 0 spiro atoms. The number of hydrogen-bond acceptors (Lipinski definition) is 4. The van der Waals surface area contributed by atoms with Crippen LogP contribution in [-0.4, -0.2) is 48.7 Å². The fourth-order valence-corrected chi connectivity index (χ4v) is 2.54. The summed E-state index contributed by atoms with van der Waals surface area (Å²) in [5, 5.41) is 9.43. The second kappa shape index (κ2) is 5.67. The lowest BCUT2D eigenvalue weighted by Crippen LogP contribution is -2.27. The van der Waals surface area contributed by atoms with E-state index in [0.717, 1.165) is 23.8 Å². The van der Waals surface area contributed by atoms with Gasteiger partial charge in [0.1, 0.15) is 0 Å². The normalized spacial score (nSPS) is 22.1. The molecule has 100 valence electrons. The SMILES string of the molecule is C[C@H](O)c1ccc(N(C)CC2CCN(C)C2)cn1. The van der Waals surface area contributed by atoms with Crippen LogP contribution in [0.3, 0.4) is 0 Å². The zero-order chi connectivity index (χ0) is 13.1. The lowest BCUT2D eigenvalue weighted by molar-refractivity contribution is 0.194. The number of nitrogens with zero attached hydrogens (tertiary/aromatic N) is 3. The lowest BCUT2D eigenvalue weighted by atomic mass is 10.1. The van der Waals surface area contributed by atoms with Gasteiger partial charge in [0.25, 0.3) is 0 Å². The molecule has 0 aliphatic carbocycles. The summed E-state index contributed by atoms with van der Waals surface area (Å²) in [4.78, 5) is 8.92. The average Bonchev–Trinajstić information content (AvgIpc) is 2.75. The van der Waals surface area contributed by atoms with Crippen molar-refractivity contribution in [3.8, 4) is 0 Å². The van der Waals surface area contributed by atoms with Crippen LogP contribution in [0.4, 0.5) is 5.69 Å². The van der Waals surface area contributed by atoms with E-state index in [1.807, 2.05) is 18.3 Å². The molecule has 1 aromatic rings. The van der Waals surface area contributed by atoms with Gasteiger partial charge < -0.3 is 14.9 Å². The summed E-state index contributed by atoms with van der Waals surface area (Å²) in [5.41, 5.74) is 1.85. The van der Waals surface area contributed by atoms with Crippen molar-refractivity contribution in [1.29, 1.82) is 0 Å². The summed E-state index contributed by atoms with van der Waals surface area (Å²) >= 11 is 0. The summed E-state index contributed by atoms with van der Waals surface area (Å²) < 4.78 is 0. The number of likely N-dealkylation sites (tertiary alicyclic amines) is 1. The maximum atomic E-state index is 9.43. The predicted molar refractivity (Wildman–Crippen MR) is 73.7 cm³/mol. The minimum absolute atomic E-state index is 0.493. The van der Waals surface area contributed by atoms with Crippen LogP contribution in [0.15, 0.2) is 18.3 Å². The average molecular weight is 249 g/mol. The number of aromatic nitrogens is 1. The number of aliphatic hydroxyl groups excluding tert-OH is 1. The quantitative estimate of drug-likeness (QED) is 0.878. The van der Waals surface area contributed by atoms with Crippen molar-refractivity contribution < 1.29 is 5.11 Å². The second-order valence-electron chi connectivity index (χ2n) is 5.41. The van der Waals surface area contributed by atoms with Gasteiger partial charge in [-0.05, 0) is 45.0 Å². The van der Waals surface area contributed by atoms with Gasteiger partial charge in [-0.1, -0.05) is 0 Å². The molecule has 1 N–H and O–H groups in total. The van der Waals surface area contributed by atoms with Gasteiger partial charge in [0.2, 0.25) is 0 Å². The van der Waals surface area contributed by atoms with E-state index in [0.29, 0.717) is 0 Å². The van der Waals surface area contributed by atoms with Crippen molar-refractivity contribution in [3.63, 3.8) is 0 Å². The zero-order valence-corrected chi connectivity index (χ0v) is 11.5. The minimum atomic E-state index is -0.493. The molecule has 2 rings (SSSR count). The Kier molecular flexibility index (Phi) is 4.19. The maximum Gasteiger partial charge on any atom is 0.0931 e. The summed E-state index contributed by atoms with van der Waals surface area (Å²) in [5.74, 6) is 0.747. The van der Waals surface area contributed by atoms with Crippen LogP contribution in [0.2, 0.25) is 0 Å². The summed E-state index contributed by atoms with van der Waals surface area (Å²) in [7, 11) is 4.29. The van der Waals surface area contributed by atoms with E-state index >= 15 is 0 Å². The highest BCUT2D eigenvalue weighted by molar-refractivity contribution is 5.43. The molecule has 0 bridgehead atoms. The Morgan fingerprint density at radius 1 is 1.56 bits per heavy atom. The van der Waals surface area contributed by atoms with E-state index in [1.54, 1.807) is 6.92 Å². The Hall–Kier alpha value is -1.13. The number of aliphatic hydroxyl groups is 1. The van der Waals surface area contributed by atoms with Crippen molar-refractivity contribution in [3.05, 3.63) is 24.0 Å². The molecule has 1 saturated heterocycles. The van der Waals surface area contributed by atoms with E-state index in [2.05, 4.69) is 28.9 Å². The molecule has 18 heavy (non-hydrogen) atoms. The van der Waals surface area contributed by atoms with Gasteiger partial charge >= 0.3 is 0 Å². The van der Waals surface area contributed by atoms with Crippen LogP contribution in [-0.2, 0) is 0 Å². The van der Waals surface area contributed by atoms with Crippen molar-refractivity contribution in [2.45, 2.75) is 19.4 Å². The highest BCUT2D eigenvalue weighted by Crippen LogP contribution is 2.20. The Balaban J connectivity index is 1.94. The first-order chi connectivity index (χ1) is 8.56. The lowest BCUT2D eigenvalue weighted by Gasteiger charge is -2.23. The van der Waals surface area contributed by atoms with Crippen LogP contribution < -0.4 is 4.90 Å². The summed E-state index contributed by atoms with van der Waals surface area (Å²) in [6.45, 7) is 5.20. The first-order valence-corrected chi connectivity index (χ1v) is 6.60. The number of rotatable bonds is 4. The van der Waals surface area contributed by atoms with Gasteiger partial charge in [-0.25, -0.2) is 0 Å². The molecular formula is C14H23N3O. The van der Waals surface area contributed by atoms with Crippen molar-refractivity contribution in [2.24, 2.45) is 5.92 Å². The van der Waals surface area contributed by atoms with Crippen LogP contribution in [0.25, 0.3) is 0 Å². The summed E-state index contributed by atoms with van der Waals surface area (Å²) in [6.07, 6.45) is 2.63. The zero-order valence-electron chi connectivity index (χ0n) is 11.5. The van der Waals surface area contributed by atoms with Gasteiger partial charge in [-0.2, -0.15) is 0 Å². The van der Waals surface area contributed by atoms with E-state index < -0.39 is 6.10 Å². The van der Waals surface area contributed by atoms with Gasteiger partial charge in [0.05, 0.1) is 23.7 Å². The molecule has 1 fully saturated rings. The van der Waals surface area contributed by atoms with E-state index in [9.17, 15) is 5.11 Å². The van der Waals surface area contributed by atoms with Crippen LogP contribution in [0.5, 0.6) is 0 Å². The standard InChI is InChI=1S/C14H23N3O/c1-11(18)14-5-4-13(8-15-14)17(3)10-12-6-7-16(2)9-12/h4-5,8,11-12,18H,6-7,9-10H2,1-3H3/t11-,12?/m0/s1. The van der Waals surface area contributed by atoms with Crippen LogP contribution >= 0.6 is 0 Å². The highest BCUT2D eigenvalue weighted by Gasteiger charge is 2.20. The van der Waals surface area contributed by atoms with Crippen LogP contribution in [0.1, 0.15) is 25.1 Å². The molecule has 0 radical (unpaired) electrons. The third-order valence-corrected chi connectivity index (χ3v) is 3.66. The molecule has 1 aromatic heterocycles. The molecule has 4 heteroatoms. The molecule has 1 aliphatic rings. The first kappa shape index (κ1) is 13.3. The van der Waals surface area contributed by atoms with E-state index in [4.69, 9.17) is 0 Å². The minimum Gasteiger partial charge on any atom is -0.387 e. The molecular weight excluding hydrogens is 226 g/mol. The molecule has 0 amide bonds. The molecule has 1 aliphatic heterocycles. The number of hydrogen-bond donors (Lipinski definition) is 1. The largest absolute Gasteiger partial charge is 0.387 e. The Labute approximate surface area is 109 Å². The monoisotopic (exact) mass is 249 g/mol. The number of pyridine rings is 1. The molecule has 4 nitrogen and oxygen atoms in total. The molecule has 0 saturated carbocycles. The third-order valence-electron chi connectivity index (χ3n) is 3.66. The van der Waals surface area contributed by atoms with Gasteiger partial charge in [0, 0.05) is 20.1 Å². The third kappa shape index (κ3) is 3.21. The maximum absolute atomic E-state index is 9.43. The smallest absolute Gasteiger partial charge is 0.0931 e. The van der Waals surface area contributed by atoms with Crippen molar-refractivity contribution in [2.75, 3.05) is 38.6 Å². The van der Waals surface area contributed by atoms with Gasteiger partial charge in [0.15, 0.2) is 0 Å². The molecule has 2 atom stereocenters. The second-order valence-corrected chi connectivity index (χ2v) is 5.41. The van der Waals surface area contributed by atoms with Gasteiger partial charge in [-0.3, -0.25) is 4.98 Å². The summed E-state index contributed by atoms with van der Waals surface area (Å²) in [6, 6.07) is 3.94. The first-order valence-electron chi connectivity index (χ1n) is 6.60. The molecule has 0 aromatic carbocycles. The fraction of sp³-hybridized carbons (Fsp3) is 0.643. The molecule has 2 heterocycles. The van der Waals surface area contributed by atoms with E-state index in [-0.39, 0.29) is 0 Å². The molecule has 1 unspecified atom stereocenters. The predicted octanol–water partition coefficient (Wildman–Crippen LogP) is 1.52. The topological polar surface area (TPSA) is 39.6 Å². The van der Waals surface area contributed by atoms with Crippen molar-refractivity contribution in [1.82, 2.24) is 9.88 Å². The number of anilines is 1. The van der Waals surface area contributed by atoms with Gasteiger partial charge in [-0.15, -0.1) is 0 Å². The Morgan fingerprint density at radius 2 is 2.33 bits per heavy atom. The van der Waals surface area contributed by atoms with E-state index in [1.165, 1.54) is 19.5 Å².